The molecule has 1 atom stereocenters. The van der Waals surface area contributed by atoms with Crippen LogP contribution in [-0.2, 0) is 14.8 Å². The second-order valence-corrected chi connectivity index (χ2v) is 5.90. The van der Waals surface area contributed by atoms with E-state index in [1.54, 1.807) is 0 Å². The van der Waals surface area contributed by atoms with Crippen molar-refractivity contribution < 1.29 is 22.7 Å². The van der Waals surface area contributed by atoms with Crippen molar-refractivity contribution >= 4 is 21.6 Å². The van der Waals surface area contributed by atoms with Gasteiger partial charge in [0, 0.05) is 19.0 Å². The van der Waals surface area contributed by atoms with Gasteiger partial charge in [-0.15, -0.1) is 0 Å². The van der Waals surface area contributed by atoms with Gasteiger partial charge in [-0.05, 0) is 12.1 Å². The maximum Gasteiger partial charge on any atom is 0.228 e. The largest absolute Gasteiger partial charge is 0.506 e. The molecule has 1 unspecified atom stereocenters. The fourth-order valence-electron chi connectivity index (χ4n) is 1.84. The molecule has 0 aromatic heterocycles. The van der Waals surface area contributed by atoms with Crippen LogP contribution in [0.15, 0.2) is 18.2 Å². The van der Waals surface area contributed by atoms with Gasteiger partial charge in [-0.2, -0.15) is 0 Å². The Balaban J connectivity index is 2.35. The zero-order valence-corrected chi connectivity index (χ0v) is 10.0. The third kappa shape index (κ3) is 2.29. The number of amides is 1. The molecule has 6 nitrogen and oxygen atoms in total. The van der Waals surface area contributed by atoms with Crippen LogP contribution in [0.25, 0.3) is 0 Å². The summed E-state index contributed by atoms with van der Waals surface area (Å²) < 4.78 is 35.4. The predicted octanol–water partition coefficient (Wildman–Crippen LogP) is -0.0749. The summed E-state index contributed by atoms with van der Waals surface area (Å²) in [6, 6.07) is 3.11. The van der Waals surface area contributed by atoms with Crippen molar-refractivity contribution in [1.29, 1.82) is 0 Å². The maximum atomic E-state index is 13.1. The Morgan fingerprint density at radius 3 is 2.67 bits per heavy atom. The van der Waals surface area contributed by atoms with E-state index >= 15 is 0 Å². The van der Waals surface area contributed by atoms with Gasteiger partial charge in [0.1, 0.15) is 16.8 Å². The van der Waals surface area contributed by atoms with E-state index in [-0.39, 0.29) is 24.4 Å². The van der Waals surface area contributed by atoms with Crippen LogP contribution in [0.2, 0.25) is 0 Å². The average Bonchev–Trinajstić information content (AvgIpc) is 2.64. The summed E-state index contributed by atoms with van der Waals surface area (Å²) in [5.74, 6) is -1.44. The van der Waals surface area contributed by atoms with Gasteiger partial charge in [-0.3, -0.25) is 4.79 Å². The summed E-state index contributed by atoms with van der Waals surface area (Å²) in [6.07, 6.45) is -0.269. The molecule has 0 spiro atoms. The molecule has 0 aliphatic carbocycles. The van der Waals surface area contributed by atoms with E-state index in [4.69, 9.17) is 5.14 Å². The molecule has 0 saturated carbocycles. The van der Waals surface area contributed by atoms with Gasteiger partial charge in [-0.1, -0.05) is 0 Å². The van der Waals surface area contributed by atoms with E-state index in [1.807, 2.05) is 0 Å². The minimum absolute atomic E-state index is 0.0499. The van der Waals surface area contributed by atoms with Crippen molar-refractivity contribution in [3.05, 3.63) is 24.0 Å². The Morgan fingerprint density at radius 2 is 2.11 bits per heavy atom. The Labute approximate surface area is 103 Å². The maximum absolute atomic E-state index is 13.1. The highest BCUT2D eigenvalue weighted by Gasteiger charge is 2.38. The standard InChI is InChI=1S/C10H11FN2O4S/c11-6-1-2-9(14)8(3-6)13-5-7(4-10(13)15)18(12,16)17/h1-3,7,14H,4-5H2,(H2,12,16,17). The molecule has 1 aliphatic heterocycles. The minimum atomic E-state index is -3.84. The zero-order valence-electron chi connectivity index (χ0n) is 9.21. The van der Waals surface area contributed by atoms with Gasteiger partial charge in [0.05, 0.1) is 5.69 Å². The lowest BCUT2D eigenvalue weighted by atomic mass is 10.2. The van der Waals surface area contributed by atoms with Gasteiger partial charge in [0.15, 0.2) is 0 Å². The number of phenolic OH excluding ortho intramolecular Hbond substituents is 1. The Hall–Kier alpha value is -1.67. The number of carbonyl (C=O) groups is 1. The van der Waals surface area contributed by atoms with E-state index in [0.717, 1.165) is 23.1 Å². The normalized spacial score (nSPS) is 20.4. The van der Waals surface area contributed by atoms with Crippen LogP contribution in [-0.4, -0.2) is 31.2 Å². The molecule has 2 rings (SSSR count). The van der Waals surface area contributed by atoms with E-state index < -0.39 is 27.0 Å². The number of sulfonamides is 1. The SMILES string of the molecule is NS(=O)(=O)C1CC(=O)N(c2cc(F)ccc2O)C1. The molecule has 18 heavy (non-hydrogen) atoms. The minimum Gasteiger partial charge on any atom is -0.506 e. The van der Waals surface area contributed by atoms with Crippen molar-refractivity contribution in [3.63, 3.8) is 0 Å². The van der Waals surface area contributed by atoms with Crippen molar-refractivity contribution in [2.24, 2.45) is 5.14 Å². The van der Waals surface area contributed by atoms with Crippen molar-refractivity contribution in [2.45, 2.75) is 11.7 Å². The Morgan fingerprint density at radius 1 is 1.44 bits per heavy atom. The van der Waals surface area contributed by atoms with E-state index in [9.17, 15) is 22.7 Å². The molecule has 1 saturated heterocycles. The molecule has 0 bridgehead atoms. The number of halogens is 1. The number of benzene rings is 1. The highest BCUT2D eigenvalue weighted by atomic mass is 32.2. The summed E-state index contributed by atoms with van der Waals surface area (Å²) in [4.78, 5) is 12.7. The van der Waals surface area contributed by atoms with Gasteiger partial charge < -0.3 is 10.0 Å². The fourth-order valence-corrected chi connectivity index (χ4v) is 2.57. The lowest BCUT2D eigenvalue weighted by molar-refractivity contribution is -0.117. The fraction of sp³-hybridized carbons (Fsp3) is 0.300. The number of phenols is 1. The molecule has 3 N–H and O–H groups in total. The Bertz CT molecular complexity index is 602. The molecule has 1 fully saturated rings. The number of rotatable bonds is 2. The first-order valence-corrected chi connectivity index (χ1v) is 6.70. The van der Waals surface area contributed by atoms with Crippen molar-refractivity contribution in [1.82, 2.24) is 0 Å². The van der Waals surface area contributed by atoms with E-state index in [2.05, 4.69) is 0 Å². The number of hydrogen-bond acceptors (Lipinski definition) is 4. The van der Waals surface area contributed by atoms with Crippen molar-refractivity contribution in [3.8, 4) is 5.75 Å². The number of primary sulfonamides is 1. The van der Waals surface area contributed by atoms with E-state index in [1.165, 1.54) is 0 Å². The molecule has 1 heterocycles. The topological polar surface area (TPSA) is 101 Å². The highest BCUT2D eigenvalue weighted by molar-refractivity contribution is 7.89. The van der Waals surface area contributed by atoms with E-state index in [0.29, 0.717) is 0 Å². The third-order valence-electron chi connectivity index (χ3n) is 2.78. The van der Waals surface area contributed by atoms with Crippen molar-refractivity contribution in [2.75, 3.05) is 11.4 Å². The first kappa shape index (κ1) is 12.8. The first-order chi connectivity index (χ1) is 8.29. The number of nitrogens with zero attached hydrogens (tertiary/aromatic N) is 1. The van der Waals surface area contributed by atoms with Crippen LogP contribution in [0.3, 0.4) is 0 Å². The third-order valence-corrected chi connectivity index (χ3v) is 4.03. The number of anilines is 1. The quantitative estimate of drug-likeness (QED) is 0.788. The van der Waals surface area contributed by atoms with Gasteiger partial charge in [0.25, 0.3) is 0 Å². The molecule has 0 radical (unpaired) electrons. The monoisotopic (exact) mass is 274 g/mol. The van der Waals surface area contributed by atoms with Crippen LogP contribution < -0.4 is 10.0 Å². The first-order valence-electron chi connectivity index (χ1n) is 5.09. The van der Waals surface area contributed by atoms with Crippen LogP contribution in [0.1, 0.15) is 6.42 Å². The van der Waals surface area contributed by atoms with Crippen LogP contribution in [0.5, 0.6) is 5.75 Å². The number of nitrogens with two attached hydrogens (primary N) is 1. The summed E-state index contributed by atoms with van der Waals surface area (Å²) in [5.41, 5.74) is -0.0499. The molecule has 8 heteroatoms. The average molecular weight is 274 g/mol. The molecule has 1 aromatic carbocycles. The van der Waals surface area contributed by atoms with Gasteiger partial charge in [0.2, 0.25) is 15.9 Å². The predicted molar refractivity (Wildman–Crippen MR) is 61.9 cm³/mol. The number of carbonyl (C=O) groups excluding carboxylic acids is 1. The highest BCUT2D eigenvalue weighted by Crippen LogP contribution is 2.32. The molecule has 98 valence electrons. The van der Waals surface area contributed by atoms with Gasteiger partial charge >= 0.3 is 0 Å². The van der Waals surface area contributed by atoms with Crippen LogP contribution >= 0.6 is 0 Å². The summed E-state index contributed by atoms with van der Waals surface area (Å²) >= 11 is 0. The second kappa shape index (κ2) is 4.21. The lowest BCUT2D eigenvalue weighted by Crippen LogP contribution is -2.32. The second-order valence-electron chi connectivity index (χ2n) is 4.05. The lowest BCUT2D eigenvalue weighted by Gasteiger charge is -2.17. The Kier molecular flexibility index (Phi) is 2.99. The molecule has 1 aliphatic rings. The molecular formula is C10H11FN2O4S. The molecule has 1 amide bonds. The number of hydrogen-bond donors (Lipinski definition) is 2. The smallest absolute Gasteiger partial charge is 0.228 e. The zero-order chi connectivity index (χ0) is 13.5. The summed E-state index contributed by atoms with van der Waals surface area (Å²) in [7, 11) is -3.84. The number of aromatic hydroxyl groups is 1. The van der Waals surface area contributed by atoms with Crippen LogP contribution in [0, 0.1) is 5.82 Å². The van der Waals surface area contributed by atoms with Crippen LogP contribution in [0.4, 0.5) is 10.1 Å². The molecular weight excluding hydrogens is 263 g/mol. The summed E-state index contributed by atoms with van der Waals surface area (Å²) in [6.45, 7) is -0.186. The summed E-state index contributed by atoms with van der Waals surface area (Å²) in [5, 5.41) is 13.5. The van der Waals surface area contributed by atoms with Gasteiger partial charge in [-0.25, -0.2) is 17.9 Å². The molecule has 1 aromatic rings.